The third-order valence-corrected chi connectivity index (χ3v) is 15.6. The van der Waals surface area contributed by atoms with Crippen molar-refractivity contribution in [3.8, 4) is 0 Å². The second kappa shape index (κ2) is 21.7. The summed E-state index contributed by atoms with van der Waals surface area (Å²) in [6.07, 6.45) is 3.25. The third kappa shape index (κ3) is 12.4. The molecule has 0 bridgehead atoms. The van der Waals surface area contributed by atoms with E-state index in [1.807, 2.05) is 72.8 Å². The predicted octanol–water partition coefficient (Wildman–Crippen LogP) is 9.46. The number of hydrogen-bond acceptors (Lipinski definition) is 8. The number of morpholine rings is 2. The maximum atomic E-state index is 13.2. The summed E-state index contributed by atoms with van der Waals surface area (Å²) < 4.78 is 38.6. The van der Waals surface area contributed by atoms with Crippen LogP contribution in [0.2, 0.25) is 10.0 Å². The zero-order valence-electron chi connectivity index (χ0n) is 39.9. The van der Waals surface area contributed by atoms with Crippen molar-refractivity contribution in [1.29, 1.82) is 0 Å². The molecule has 66 heavy (non-hydrogen) atoms. The Morgan fingerprint density at radius 3 is 1.23 bits per heavy atom. The topological polar surface area (TPSA) is 71.9 Å². The first-order chi connectivity index (χ1) is 31.3. The lowest BCUT2D eigenvalue weighted by Crippen LogP contribution is -2.57. The molecule has 360 valence electrons. The Morgan fingerprint density at radius 2 is 0.894 bits per heavy atom. The molecule has 4 aliphatic heterocycles. The Kier molecular flexibility index (Phi) is 16.8. The van der Waals surface area contributed by atoms with Crippen LogP contribution < -0.4 is 0 Å². The second-order valence-electron chi connectivity index (χ2n) is 20.8. The first-order valence-electron chi connectivity index (χ1n) is 23.9. The minimum atomic E-state index is -0.861. The fourth-order valence-corrected chi connectivity index (χ4v) is 10.9. The largest absolute Gasteiger partial charge is 0.385 e. The molecule has 4 saturated heterocycles. The van der Waals surface area contributed by atoms with Crippen LogP contribution in [0.1, 0.15) is 76.6 Å². The minimum Gasteiger partial charge on any atom is -0.385 e. The molecule has 0 saturated carbocycles. The van der Waals surface area contributed by atoms with Crippen molar-refractivity contribution in [2.75, 3.05) is 78.7 Å². The maximum absolute atomic E-state index is 13.2. The third-order valence-electron chi connectivity index (χ3n) is 15.1. The van der Waals surface area contributed by atoms with Gasteiger partial charge in [-0.2, -0.15) is 0 Å². The molecule has 0 aliphatic carbocycles. The highest BCUT2D eigenvalue weighted by molar-refractivity contribution is 6.30. The fourth-order valence-electron chi connectivity index (χ4n) is 10.7. The van der Waals surface area contributed by atoms with Crippen molar-refractivity contribution in [3.05, 3.63) is 141 Å². The molecular weight excluding hydrogens is 878 g/mol. The van der Waals surface area contributed by atoms with Crippen LogP contribution in [0, 0.1) is 22.5 Å². The van der Waals surface area contributed by atoms with E-state index in [0.717, 1.165) is 101 Å². The lowest BCUT2D eigenvalue weighted by molar-refractivity contribution is -0.127. The van der Waals surface area contributed by atoms with Crippen molar-refractivity contribution >= 4 is 23.2 Å². The van der Waals surface area contributed by atoms with Crippen molar-refractivity contribution in [3.63, 3.8) is 0 Å². The number of likely N-dealkylation sites (tertiary alicyclic amines) is 2. The Morgan fingerprint density at radius 1 is 0.545 bits per heavy atom. The van der Waals surface area contributed by atoms with Gasteiger partial charge in [-0.05, 0) is 110 Å². The molecule has 4 aliphatic rings. The number of nitrogens with zero attached hydrogens (tertiary/aromatic N) is 4. The Balaban J connectivity index is 0.000000196. The van der Waals surface area contributed by atoms with Gasteiger partial charge in [-0.1, -0.05) is 99.4 Å². The summed E-state index contributed by atoms with van der Waals surface area (Å²) in [6.45, 7) is 23.5. The second-order valence-corrected chi connectivity index (χ2v) is 21.7. The van der Waals surface area contributed by atoms with Gasteiger partial charge in [0.15, 0.2) is 0 Å². The number of ether oxygens (including phenoxy) is 2. The number of halogens is 4. The van der Waals surface area contributed by atoms with E-state index < -0.39 is 11.2 Å². The Bertz CT molecular complexity index is 1990. The average Bonchev–Trinajstić information content (AvgIpc) is 3.28. The van der Waals surface area contributed by atoms with Crippen LogP contribution in [-0.4, -0.2) is 133 Å². The molecule has 2 N–H and O–H groups in total. The molecule has 0 unspecified atom stereocenters. The van der Waals surface area contributed by atoms with Crippen LogP contribution in [0.25, 0.3) is 0 Å². The van der Waals surface area contributed by atoms with E-state index >= 15 is 0 Å². The summed E-state index contributed by atoms with van der Waals surface area (Å²) in [4.78, 5) is 9.96. The maximum Gasteiger partial charge on any atom is 0.123 e. The van der Waals surface area contributed by atoms with E-state index in [4.69, 9.17) is 32.7 Å². The predicted molar refractivity (Wildman–Crippen MR) is 262 cm³/mol. The molecule has 4 aromatic carbocycles. The zero-order valence-corrected chi connectivity index (χ0v) is 41.4. The molecule has 0 radical (unpaired) electrons. The smallest absolute Gasteiger partial charge is 0.123 e. The zero-order chi connectivity index (χ0) is 47.3. The summed E-state index contributed by atoms with van der Waals surface area (Å²) in [5.41, 5.74) is 1.83. The van der Waals surface area contributed by atoms with Crippen LogP contribution in [0.5, 0.6) is 0 Å². The number of rotatable bonds is 12. The summed E-state index contributed by atoms with van der Waals surface area (Å²) in [6, 6.07) is 29.5. The van der Waals surface area contributed by atoms with E-state index in [9.17, 15) is 19.0 Å². The number of aliphatic hydroxyl groups is 2. The van der Waals surface area contributed by atoms with Crippen molar-refractivity contribution < 1.29 is 28.5 Å². The molecule has 4 aromatic rings. The number of piperidine rings is 2. The van der Waals surface area contributed by atoms with Crippen LogP contribution in [-0.2, 0) is 33.5 Å². The quantitative estimate of drug-likeness (QED) is 0.146. The Labute approximate surface area is 402 Å². The van der Waals surface area contributed by atoms with Gasteiger partial charge in [-0.25, -0.2) is 8.78 Å². The van der Waals surface area contributed by atoms with Crippen molar-refractivity contribution in [1.82, 2.24) is 19.6 Å². The van der Waals surface area contributed by atoms with Crippen LogP contribution in [0.15, 0.2) is 97.1 Å². The average molecular weight is 950 g/mol. The molecule has 12 heteroatoms. The van der Waals surface area contributed by atoms with E-state index in [2.05, 4.69) is 61.1 Å². The molecule has 8 nitrogen and oxygen atoms in total. The molecule has 4 fully saturated rings. The molecule has 0 aromatic heterocycles. The van der Waals surface area contributed by atoms with Crippen LogP contribution in [0.3, 0.4) is 0 Å². The summed E-state index contributed by atoms with van der Waals surface area (Å²) in [5.74, 6) is -0.406. The lowest BCUT2D eigenvalue weighted by atomic mass is 9.66. The highest BCUT2D eigenvalue weighted by Crippen LogP contribution is 2.47. The summed E-state index contributed by atoms with van der Waals surface area (Å²) >= 11 is 12.1. The highest BCUT2D eigenvalue weighted by Gasteiger charge is 2.50. The van der Waals surface area contributed by atoms with E-state index in [1.54, 1.807) is 0 Å². The van der Waals surface area contributed by atoms with Gasteiger partial charge in [-0.15, -0.1) is 0 Å². The van der Waals surface area contributed by atoms with E-state index in [0.29, 0.717) is 48.2 Å². The molecule has 4 heterocycles. The minimum absolute atomic E-state index is 0.124. The van der Waals surface area contributed by atoms with Gasteiger partial charge in [0.2, 0.25) is 0 Å². The molecule has 8 rings (SSSR count). The van der Waals surface area contributed by atoms with Gasteiger partial charge in [-0.3, -0.25) is 9.80 Å². The van der Waals surface area contributed by atoms with Crippen LogP contribution in [0.4, 0.5) is 8.78 Å². The number of hydrogen-bond donors (Lipinski definition) is 2. The number of benzene rings is 4. The van der Waals surface area contributed by atoms with Gasteiger partial charge in [0.25, 0.3) is 0 Å². The SMILES string of the molecule is C[C@H]1CO[C@@H](Cc2ccc(F)cc2)CN1CCN1CC[C@](O)(c2ccc(Cl)cc2)C(C)(C)C1.C[C@H]1CO[C@@H](Cc2ccc(F)cc2)CN1CCN1CC[C@](O)(c2ccc(Cl)cc2)C(C)(C)C1. The monoisotopic (exact) mass is 948 g/mol. The molecule has 6 atom stereocenters. The molecular formula is C54H72Cl2F2N4O4. The van der Waals surface area contributed by atoms with Gasteiger partial charge < -0.3 is 29.5 Å². The van der Waals surface area contributed by atoms with E-state index in [-0.39, 0.29) is 34.7 Å². The Hall–Kier alpha value is -3.00. The van der Waals surface area contributed by atoms with Gasteiger partial charge in [0, 0.05) is 98.4 Å². The van der Waals surface area contributed by atoms with Crippen molar-refractivity contribution in [2.45, 2.75) is 103 Å². The molecule has 0 spiro atoms. The first-order valence-corrected chi connectivity index (χ1v) is 24.7. The summed E-state index contributed by atoms with van der Waals surface area (Å²) in [5, 5.41) is 24.6. The van der Waals surface area contributed by atoms with Gasteiger partial charge in [0.1, 0.15) is 11.6 Å². The van der Waals surface area contributed by atoms with Crippen molar-refractivity contribution in [2.24, 2.45) is 10.8 Å². The first kappa shape index (κ1) is 50.9. The van der Waals surface area contributed by atoms with Gasteiger partial charge in [0.05, 0.1) is 36.6 Å². The normalized spacial score (nSPS) is 28.7. The lowest BCUT2D eigenvalue weighted by Gasteiger charge is -2.51. The summed E-state index contributed by atoms with van der Waals surface area (Å²) in [7, 11) is 0. The van der Waals surface area contributed by atoms with E-state index in [1.165, 1.54) is 24.3 Å². The van der Waals surface area contributed by atoms with Gasteiger partial charge >= 0.3 is 0 Å². The highest BCUT2D eigenvalue weighted by atomic mass is 35.5. The van der Waals surface area contributed by atoms with Crippen LogP contribution >= 0.6 is 23.2 Å². The fraction of sp³-hybridized carbons (Fsp3) is 0.556. The standard InChI is InChI=1S/2C27H36ClFN2O2/c2*1-20-18-33-25(16-21-4-10-24(29)11-5-21)17-31(20)15-14-30-13-12-27(32,26(2,3)19-30)22-6-8-23(28)9-7-22/h2*4-11,20,25,32H,12-19H2,1-3H3/t2*20-,25-,27-/m00/s1. The molecule has 0 amide bonds.